The molecule has 4 nitrogen and oxygen atoms in total. The maximum Gasteiger partial charge on any atom is 0.276 e. The molecule has 0 atom stereocenters. The molecule has 34 heavy (non-hydrogen) atoms. The summed E-state index contributed by atoms with van der Waals surface area (Å²) in [4.78, 5) is 13.0. The fraction of sp³-hybridized carbons (Fsp3) is 0. The van der Waals surface area contributed by atoms with Gasteiger partial charge in [0.25, 0.3) is 5.91 Å². The molecule has 6 heteroatoms. The molecule has 1 N–H and O–H groups in total. The first kappa shape index (κ1) is 22.0. The van der Waals surface area contributed by atoms with E-state index < -0.39 is 0 Å². The second-order valence-corrected chi connectivity index (χ2v) is 8.53. The van der Waals surface area contributed by atoms with Gasteiger partial charge < -0.3 is 5.32 Å². The molecule has 4 aromatic carbocycles. The number of anilines is 1. The highest BCUT2D eigenvalue weighted by atomic mass is 35.5. The summed E-state index contributed by atoms with van der Waals surface area (Å²) < 4.78 is 1.77. The SMILES string of the molecule is O=C(Nc1ccc(Cl)cc1Cl)c1cc(-c2ccc(-c3ccccc3)cc2)n(-c2ccccc2)n1. The van der Waals surface area contributed by atoms with Gasteiger partial charge in [0.2, 0.25) is 0 Å². The van der Waals surface area contributed by atoms with Gasteiger partial charge in [-0.1, -0.05) is 96.0 Å². The molecule has 0 bridgehead atoms. The van der Waals surface area contributed by atoms with Crippen molar-refractivity contribution in [2.24, 2.45) is 0 Å². The van der Waals surface area contributed by atoms with Crippen LogP contribution in [0.3, 0.4) is 0 Å². The van der Waals surface area contributed by atoms with Crippen LogP contribution in [-0.4, -0.2) is 15.7 Å². The van der Waals surface area contributed by atoms with Crippen molar-refractivity contribution in [1.29, 1.82) is 0 Å². The van der Waals surface area contributed by atoms with E-state index in [-0.39, 0.29) is 11.6 Å². The molecule has 0 spiro atoms. The minimum absolute atomic E-state index is 0.275. The molecule has 5 rings (SSSR count). The average molecular weight is 484 g/mol. The Kier molecular flexibility index (Phi) is 6.17. The Morgan fingerprint density at radius 2 is 1.32 bits per heavy atom. The molecule has 0 aliphatic rings. The number of carbonyl (C=O) groups excluding carboxylic acids is 1. The van der Waals surface area contributed by atoms with Crippen LogP contribution in [0.15, 0.2) is 109 Å². The van der Waals surface area contributed by atoms with Crippen LogP contribution in [0.4, 0.5) is 5.69 Å². The lowest BCUT2D eigenvalue weighted by Crippen LogP contribution is -2.13. The number of carbonyl (C=O) groups is 1. The molecular weight excluding hydrogens is 465 g/mol. The quantitative estimate of drug-likeness (QED) is 0.277. The van der Waals surface area contributed by atoms with Crippen LogP contribution in [0, 0.1) is 0 Å². The topological polar surface area (TPSA) is 46.9 Å². The first-order valence-corrected chi connectivity index (χ1v) is 11.4. The number of aromatic nitrogens is 2. The summed E-state index contributed by atoms with van der Waals surface area (Å²) in [5, 5.41) is 8.30. The Morgan fingerprint density at radius 1 is 0.706 bits per heavy atom. The Bertz CT molecular complexity index is 1450. The maximum atomic E-state index is 13.0. The van der Waals surface area contributed by atoms with E-state index in [1.165, 1.54) is 0 Å². The van der Waals surface area contributed by atoms with E-state index in [4.69, 9.17) is 23.2 Å². The van der Waals surface area contributed by atoms with Crippen LogP contribution in [-0.2, 0) is 0 Å². The molecule has 0 saturated heterocycles. The Hall–Kier alpha value is -3.86. The maximum absolute atomic E-state index is 13.0. The summed E-state index contributed by atoms with van der Waals surface area (Å²) in [5.41, 5.74) is 5.61. The summed E-state index contributed by atoms with van der Waals surface area (Å²) in [6, 6.07) is 34.8. The number of amides is 1. The molecule has 1 amide bonds. The van der Waals surface area contributed by atoms with Gasteiger partial charge in [-0.15, -0.1) is 0 Å². The molecule has 0 aliphatic heterocycles. The first-order valence-electron chi connectivity index (χ1n) is 10.7. The van der Waals surface area contributed by atoms with Crippen molar-refractivity contribution in [2.75, 3.05) is 5.32 Å². The monoisotopic (exact) mass is 483 g/mol. The van der Waals surface area contributed by atoms with E-state index in [1.807, 2.05) is 60.7 Å². The molecule has 166 valence electrons. The Labute approximate surface area is 207 Å². The van der Waals surface area contributed by atoms with Gasteiger partial charge in [0.05, 0.1) is 22.1 Å². The van der Waals surface area contributed by atoms with Crippen molar-refractivity contribution >= 4 is 34.8 Å². The molecule has 1 aromatic heterocycles. The van der Waals surface area contributed by atoms with Gasteiger partial charge in [0.1, 0.15) is 0 Å². The Balaban J connectivity index is 1.52. The first-order chi connectivity index (χ1) is 16.6. The molecule has 0 radical (unpaired) electrons. The number of benzene rings is 4. The molecule has 5 aromatic rings. The normalized spacial score (nSPS) is 10.8. The smallest absolute Gasteiger partial charge is 0.276 e. The third-order valence-corrected chi connectivity index (χ3v) is 5.96. The number of hydrogen-bond acceptors (Lipinski definition) is 2. The zero-order valence-electron chi connectivity index (χ0n) is 18.0. The van der Waals surface area contributed by atoms with Gasteiger partial charge in [-0.25, -0.2) is 4.68 Å². The van der Waals surface area contributed by atoms with Gasteiger partial charge >= 0.3 is 0 Å². The number of nitrogens with zero attached hydrogens (tertiary/aromatic N) is 2. The number of halogens is 2. The van der Waals surface area contributed by atoms with E-state index in [2.05, 4.69) is 34.7 Å². The van der Waals surface area contributed by atoms with Crippen LogP contribution < -0.4 is 5.32 Å². The Morgan fingerprint density at radius 3 is 2.00 bits per heavy atom. The molecule has 0 saturated carbocycles. The molecule has 0 aliphatic carbocycles. The second kappa shape index (κ2) is 9.56. The van der Waals surface area contributed by atoms with E-state index >= 15 is 0 Å². The molecular formula is C28H19Cl2N3O. The third-order valence-electron chi connectivity index (χ3n) is 5.41. The third kappa shape index (κ3) is 4.60. The highest BCUT2D eigenvalue weighted by Gasteiger charge is 2.18. The molecule has 0 unspecified atom stereocenters. The van der Waals surface area contributed by atoms with Crippen LogP contribution in [0.25, 0.3) is 28.1 Å². The summed E-state index contributed by atoms with van der Waals surface area (Å²) in [6.07, 6.45) is 0. The summed E-state index contributed by atoms with van der Waals surface area (Å²) in [7, 11) is 0. The van der Waals surface area contributed by atoms with Crippen molar-refractivity contribution in [1.82, 2.24) is 9.78 Å². The second-order valence-electron chi connectivity index (χ2n) is 7.68. The van der Waals surface area contributed by atoms with Crippen molar-refractivity contribution in [3.05, 3.63) is 125 Å². The van der Waals surface area contributed by atoms with Gasteiger partial charge in [-0.2, -0.15) is 5.10 Å². The summed E-state index contributed by atoms with van der Waals surface area (Å²) in [6.45, 7) is 0. The van der Waals surface area contributed by atoms with Crippen molar-refractivity contribution in [2.45, 2.75) is 0 Å². The number of hydrogen-bond donors (Lipinski definition) is 1. The van der Waals surface area contributed by atoms with Crippen molar-refractivity contribution < 1.29 is 4.79 Å². The van der Waals surface area contributed by atoms with Gasteiger partial charge in [0.15, 0.2) is 5.69 Å². The zero-order valence-corrected chi connectivity index (χ0v) is 19.5. The van der Waals surface area contributed by atoms with Crippen LogP contribution >= 0.6 is 23.2 Å². The predicted molar refractivity (Wildman–Crippen MR) is 139 cm³/mol. The van der Waals surface area contributed by atoms with Crippen molar-refractivity contribution in [3.63, 3.8) is 0 Å². The van der Waals surface area contributed by atoms with Gasteiger partial charge in [-0.3, -0.25) is 4.79 Å². The van der Waals surface area contributed by atoms with Gasteiger partial charge in [-0.05, 0) is 47.5 Å². The van der Waals surface area contributed by atoms with Gasteiger partial charge in [0, 0.05) is 10.6 Å². The standard InChI is InChI=1S/C28H19Cl2N3O/c29-22-15-16-25(24(30)17-22)31-28(34)26-18-27(33(32-26)23-9-5-2-6-10-23)21-13-11-20(12-14-21)19-7-3-1-4-8-19/h1-18H,(H,31,34). The fourth-order valence-electron chi connectivity index (χ4n) is 3.70. The fourth-order valence-corrected chi connectivity index (χ4v) is 4.16. The van der Waals surface area contributed by atoms with Crippen LogP contribution in [0.5, 0.6) is 0 Å². The molecule has 1 heterocycles. The van der Waals surface area contributed by atoms with Crippen LogP contribution in [0.1, 0.15) is 10.5 Å². The average Bonchev–Trinajstić information content (AvgIpc) is 3.33. The molecule has 0 fully saturated rings. The minimum Gasteiger partial charge on any atom is -0.319 e. The lowest BCUT2D eigenvalue weighted by atomic mass is 10.0. The summed E-state index contributed by atoms with van der Waals surface area (Å²) >= 11 is 12.2. The number of rotatable bonds is 5. The van der Waals surface area contributed by atoms with E-state index in [1.54, 1.807) is 28.9 Å². The lowest BCUT2D eigenvalue weighted by molar-refractivity contribution is 0.102. The predicted octanol–water partition coefficient (Wildman–Crippen LogP) is 7.77. The number of para-hydroxylation sites is 1. The van der Waals surface area contributed by atoms with Crippen LogP contribution in [0.2, 0.25) is 10.0 Å². The van der Waals surface area contributed by atoms with E-state index in [0.29, 0.717) is 15.7 Å². The number of nitrogens with one attached hydrogen (secondary N) is 1. The zero-order chi connectivity index (χ0) is 23.5. The minimum atomic E-state index is -0.360. The highest BCUT2D eigenvalue weighted by molar-refractivity contribution is 6.36. The highest BCUT2D eigenvalue weighted by Crippen LogP contribution is 2.29. The largest absolute Gasteiger partial charge is 0.319 e. The summed E-state index contributed by atoms with van der Waals surface area (Å²) in [5.74, 6) is -0.360. The van der Waals surface area contributed by atoms with Crippen molar-refractivity contribution in [3.8, 4) is 28.1 Å². The lowest BCUT2D eigenvalue weighted by Gasteiger charge is -2.08. The van der Waals surface area contributed by atoms with E-state index in [9.17, 15) is 4.79 Å². The van der Waals surface area contributed by atoms with E-state index in [0.717, 1.165) is 28.1 Å².